The molecular weight excluding hydrogens is 687 g/mol. The number of nitrogens with one attached hydrogen (secondary N) is 5. The van der Waals surface area contributed by atoms with Gasteiger partial charge in [-0.1, -0.05) is 41.5 Å². The molecule has 1 aromatic rings. The zero-order valence-electron chi connectivity index (χ0n) is 32.4. The van der Waals surface area contributed by atoms with Gasteiger partial charge in [0, 0.05) is 11.6 Å². The van der Waals surface area contributed by atoms with Gasteiger partial charge in [-0.2, -0.15) is 18.3 Å². The van der Waals surface area contributed by atoms with E-state index in [-0.39, 0.29) is 31.8 Å². The maximum atomic E-state index is 13.8. The van der Waals surface area contributed by atoms with Crippen molar-refractivity contribution >= 4 is 29.7 Å². The maximum Gasteiger partial charge on any atom is 0.407 e. The molecule has 5 amide bonds. The minimum atomic E-state index is -4.63. The van der Waals surface area contributed by atoms with Crippen LogP contribution in [0.5, 0.6) is 0 Å². The number of alkyl carbamates (subject to hydrolysis) is 1. The molecule has 1 rings (SSSR count). The van der Waals surface area contributed by atoms with Crippen LogP contribution in [0.1, 0.15) is 93.0 Å². The van der Waals surface area contributed by atoms with Crippen LogP contribution in [0.15, 0.2) is 6.07 Å². The van der Waals surface area contributed by atoms with Crippen LogP contribution in [0.4, 0.5) is 18.0 Å². The van der Waals surface area contributed by atoms with E-state index in [2.05, 4.69) is 26.4 Å². The molecule has 0 aliphatic rings. The standard InChI is InChI=1S/C35H60F3N7O7/c1-12-24(17-45-23(8)15-22(7)44-45)30(48)42-26(16-39-33(51)52-34(9,10)11)31(49)41-25(13-19(2)3)27(46)14-21(6)29(47)43-28(20(4)5)32(50)40-18-35(36,37)38/h15,19-21,24-28,46H,12-14,16-18H2,1-11H3,(H,39,51)(H,40,50)(H,41,49)(H,42,48)(H,43,47)/t21-,24+,25+,26+,27+,28+/m1/s1. The van der Waals surface area contributed by atoms with Crippen LogP contribution < -0.4 is 26.6 Å². The summed E-state index contributed by atoms with van der Waals surface area (Å²) < 4.78 is 45.0. The van der Waals surface area contributed by atoms with Crippen molar-refractivity contribution in [1.29, 1.82) is 0 Å². The van der Waals surface area contributed by atoms with Crippen molar-refractivity contribution < 1.29 is 47.0 Å². The second-order valence-electron chi connectivity index (χ2n) is 15.2. The van der Waals surface area contributed by atoms with E-state index in [9.17, 15) is 42.3 Å². The Morgan fingerprint density at radius 2 is 1.50 bits per heavy atom. The molecule has 0 aromatic carbocycles. The Labute approximate surface area is 305 Å². The van der Waals surface area contributed by atoms with Gasteiger partial charge in [-0.3, -0.25) is 23.9 Å². The first kappa shape index (κ1) is 46.1. The number of aliphatic hydroxyl groups excluding tert-OH is 1. The number of hydrogen-bond acceptors (Lipinski definition) is 8. The molecule has 52 heavy (non-hydrogen) atoms. The third-order valence-electron chi connectivity index (χ3n) is 8.11. The van der Waals surface area contributed by atoms with E-state index in [1.54, 1.807) is 44.6 Å². The first-order valence-corrected chi connectivity index (χ1v) is 17.7. The van der Waals surface area contributed by atoms with Gasteiger partial charge >= 0.3 is 12.3 Å². The molecular formula is C35H60F3N7O7. The van der Waals surface area contributed by atoms with Crippen LogP contribution in [0, 0.1) is 37.5 Å². The van der Waals surface area contributed by atoms with E-state index in [0.29, 0.717) is 6.42 Å². The third-order valence-corrected chi connectivity index (χ3v) is 8.11. The van der Waals surface area contributed by atoms with Crippen LogP contribution >= 0.6 is 0 Å². The van der Waals surface area contributed by atoms with Crippen LogP contribution in [0.3, 0.4) is 0 Å². The highest BCUT2D eigenvalue weighted by atomic mass is 19.4. The zero-order valence-corrected chi connectivity index (χ0v) is 32.4. The lowest BCUT2D eigenvalue weighted by molar-refractivity contribution is -0.141. The smallest absolute Gasteiger partial charge is 0.407 e. The summed E-state index contributed by atoms with van der Waals surface area (Å²) >= 11 is 0. The largest absolute Gasteiger partial charge is 0.444 e. The van der Waals surface area contributed by atoms with Crippen molar-refractivity contribution in [3.8, 4) is 0 Å². The highest BCUT2D eigenvalue weighted by molar-refractivity contribution is 5.90. The SMILES string of the molecule is CC[C@@H](Cn1nc(C)cc1C)C(=O)N[C@@H](CNC(=O)OC(C)(C)C)C(=O)N[C@@H](CC(C)C)[C@@H](O)C[C@@H](C)C(=O)N[C@H](C(=O)NCC(F)(F)F)C(C)C. The van der Waals surface area contributed by atoms with Crippen LogP contribution in [-0.4, -0.2) is 93.7 Å². The highest BCUT2D eigenvalue weighted by Crippen LogP contribution is 2.18. The number of alkyl halides is 3. The van der Waals surface area contributed by atoms with E-state index in [1.165, 1.54) is 6.92 Å². The summed E-state index contributed by atoms with van der Waals surface area (Å²) in [4.78, 5) is 65.3. The lowest BCUT2D eigenvalue weighted by atomic mass is 9.91. The Hall–Kier alpha value is -3.89. The molecule has 1 aromatic heterocycles. The number of nitrogens with zero attached hydrogens (tertiary/aromatic N) is 2. The fraction of sp³-hybridized carbons (Fsp3) is 0.771. The van der Waals surface area contributed by atoms with Crippen molar-refractivity contribution in [2.45, 2.75) is 138 Å². The number of aromatic nitrogens is 2. The molecule has 0 aliphatic carbocycles. The number of aryl methyl sites for hydroxylation is 2. The topological polar surface area (TPSA) is 193 Å². The Morgan fingerprint density at radius 3 is 1.98 bits per heavy atom. The average Bonchev–Trinajstić information content (AvgIpc) is 3.32. The fourth-order valence-corrected chi connectivity index (χ4v) is 5.33. The van der Waals surface area contributed by atoms with Crippen molar-refractivity contribution in [2.24, 2.45) is 23.7 Å². The first-order chi connectivity index (χ1) is 23.8. The van der Waals surface area contributed by atoms with Gasteiger partial charge in [0.2, 0.25) is 23.6 Å². The van der Waals surface area contributed by atoms with E-state index >= 15 is 0 Å². The quantitative estimate of drug-likeness (QED) is 0.124. The van der Waals surface area contributed by atoms with Crippen LogP contribution in [-0.2, 0) is 30.5 Å². The highest BCUT2D eigenvalue weighted by Gasteiger charge is 2.34. The normalized spacial score (nSPS) is 15.6. The van der Waals surface area contributed by atoms with Crippen molar-refractivity contribution in [2.75, 3.05) is 13.1 Å². The van der Waals surface area contributed by atoms with Crippen molar-refractivity contribution in [1.82, 2.24) is 36.4 Å². The number of carbonyl (C=O) groups is 5. The van der Waals surface area contributed by atoms with Gasteiger partial charge in [-0.25, -0.2) is 4.79 Å². The van der Waals surface area contributed by atoms with Crippen molar-refractivity contribution in [3.05, 3.63) is 17.5 Å². The molecule has 0 saturated carbocycles. The number of carbonyl (C=O) groups excluding carboxylic acids is 5. The second kappa shape index (κ2) is 20.4. The summed E-state index contributed by atoms with van der Waals surface area (Å²) in [7, 11) is 0. The molecule has 0 aliphatic heterocycles. The predicted molar refractivity (Wildman–Crippen MR) is 189 cm³/mol. The number of aliphatic hydroxyl groups is 1. The fourth-order valence-electron chi connectivity index (χ4n) is 5.33. The lowest BCUT2D eigenvalue weighted by Crippen LogP contribution is -2.58. The van der Waals surface area contributed by atoms with Crippen LogP contribution in [0.2, 0.25) is 0 Å². The minimum absolute atomic E-state index is 0.0371. The number of halogens is 3. The monoisotopic (exact) mass is 747 g/mol. The molecule has 0 fully saturated rings. The average molecular weight is 748 g/mol. The summed E-state index contributed by atoms with van der Waals surface area (Å²) in [5.74, 6) is -4.88. The molecule has 17 heteroatoms. The van der Waals surface area contributed by atoms with Gasteiger partial charge in [0.15, 0.2) is 0 Å². The summed E-state index contributed by atoms with van der Waals surface area (Å²) in [6, 6.07) is -1.56. The molecule has 0 saturated heterocycles. The Balaban J connectivity index is 3.17. The Morgan fingerprint density at radius 1 is 0.885 bits per heavy atom. The molecule has 0 spiro atoms. The number of rotatable bonds is 19. The van der Waals surface area contributed by atoms with Gasteiger partial charge in [0.25, 0.3) is 0 Å². The molecule has 1 heterocycles. The van der Waals surface area contributed by atoms with Gasteiger partial charge in [-0.05, 0) is 71.8 Å². The summed E-state index contributed by atoms with van der Waals surface area (Å²) in [5.41, 5.74) is 0.831. The summed E-state index contributed by atoms with van der Waals surface area (Å²) in [6.45, 7) is 17.3. The van der Waals surface area contributed by atoms with Gasteiger partial charge < -0.3 is 36.4 Å². The molecule has 6 N–H and O–H groups in total. The Kier molecular flexibility index (Phi) is 18.1. The van der Waals surface area contributed by atoms with E-state index in [1.807, 2.05) is 40.7 Å². The summed E-state index contributed by atoms with van der Waals surface area (Å²) in [6.07, 6.45) is -6.20. The lowest BCUT2D eigenvalue weighted by Gasteiger charge is -2.30. The molecule has 0 bridgehead atoms. The second-order valence-corrected chi connectivity index (χ2v) is 15.2. The van der Waals surface area contributed by atoms with Gasteiger partial charge in [0.1, 0.15) is 24.2 Å². The van der Waals surface area contributed by atoms with E-state index in [0.717, 1.165) is 11.4 Å². The van der Waals surface area contributed by atoms with E-state index < -0.39 is 90.0 Å². The molecule has 6 atom stereocenters. The van der Waals surface area contributed by atoms with Crippen LogP contribution in [0.25, 0.3) is 0 Å². The van der Waals surface area contributed by atoms with E-state index in [4.69, 9.17) is 4.74 Å². The van der Waals surface area contributed by atoms with Crippen molar-refractivity contribution in [3.63, 3.8) is 0 Å². The number of amides is 5. The molecule has 0 unspecified atom stereocenters. The zero-order chi connectivity index (χ0) is 40.1. The van der Waals surface area contributed by atoms with Gasteiger partial charge in [0.05, 0.1) is 36.8 Å². The molecule has 14 nitrogen and oxygen atoms in total. The predicted octanol–water partition coefficient (Wildman–Crippen LogP) is 3.27. The molecule has 298 valence electrons. The first-order valence-electron chi connectivity index (χ1n) is 17.7. The number of ether oxygens (including phenoxy) is 1. The summed E-state index contributed by atoms with van der Waals surface area (Å²) in [5, 5.41) is 28.0. The maximum absolute atomic E-state index is 13.8. The minimum Gasteiger partial charge on any atom is -0.444 e. The molecule has 0 radical (unpaired) electrons. The third kappa shape index (κ3) is 17.1. The van der Waals surface area contributed by atoms with Gasteiger partial charge in [-0.15, -0.1) is 0 Å². The Bertz CT molecular complexity index is 1340. The number of hydrogen-bond donors (Lipinski definition) is 6.